The van der Waals surface area contributed by atoms with Gasteiger partial charge in [0.05, 0.1) is 17.4 Å². The molecule has 2 bridgehead atoms. The number of benzene rings is 1. The van der Waals surface area contributed by atoms with E-state index < -0.39 is 6.09 Å². The Balaban J connectivity index is 1.58. The summed E-state index contributed by atoms with van der Waals surface area (Å²) in [5.41, 5.74) is 8.80. The van der Waals surface area contributed by atoms with Gasteiger partial charge in [0, 0.05) is 23.9 Å². The zero-order valence-corrected chi connectivity index (χ0v) is 18.4. The lowest BCUT2D eigenvalue weighted by molar-refractivity contribution is -0.116. The fourth-order valence-electron chi connectivity index (χ4n) is 3.33. The number of amides is 2. The number of aromatic amines is 1. The number of hydrogen-bond acceptors (Lipinski definition) is 6. The Labute approximate surface area is 195 Å². The molecule has 170 valence electrons. The van der Waals surface area contributed by atoms with Crippen molar-refractivity contribution in [1.29, 1.82) is 0 Å². The average Bonchev–Trinajstić information content (AvgIpc) is 3.19. The maximum atomic E-state index is 12.5. The van der Waals surface area contributed by atoms with Gasteiger partial charge in [0.25, 0.3) is 0 Å². The monoisotopic (exact) mass is 466 g/mol. The first-order chi connectivity index (χ1) is 16.0. The van der Waals surface area contributed by atoms with Crippen LogP contribution in [0.2, 0.25) is 5.15 Å². The molecule has 0 radical (unpaired) electrons. The minimum absolute atomic E-state index is 0.0355. The summed E-state index contributed by atoms with van der Waals surface area (Å²) in [4.78, 5) is 36.4. The molecule has 1 aliphatic heterocycles. The molecule has 2 aromatic heterocycles. The maximum Gasteiger partial charge on any atom is 0.412 e. The molecule has 10 heteroatoms. The minimum atomic E-state index is -0.646. The van der Waals surface area contributed by atoms with Gasteiger partial charge in [-0.1, -0.05) is 29.8 Å². The van der Waals surface area contributed by atoms with Gasteiger partial charge in [-0.25, -0.2) is 9.78 Å². The molecule has 0 spiro atoms. The second-order valence-electron chi connectivity index (χ2n) is 7.47. The average molecular weight is 467 g/mol. The van der Waals surface area contributed by atoms with Crippen LogP contribution in [0.15, 0.2) is 54.7 Å². The van der Waals surface area contributed by atoms with Crippen LogP contribution in [0.25, 0.3) is 11.3 Å². The normalized spacial score (nSPS) is 16.9. The van der Waals surface area contributed by atoms with E-state index in [0.29, 0.717) is 58.6 Å². The molecule has 0 saturated heterocycles. The summed E-state index contributed by atoms with van der Waals surface area (Å²) < 4.78 is 5.22. The number of anilines is 2. The number of pyridine rings is 1. The number of allylic oxidation sites excluding steroid dienone is 1. The van der Waals surface area contributed by atoms with Crippen LogP contribution in [-0.2, 0) is 16.1 Å². The van der Waals surface area contributed by atoms with Gasteiger partial charge in [-0.2, -0.15) is 0 Å². The molecule has 1 aromatic carbocycles. The Morgan fingerprint density at radius 2 is 2.15 bits per heavy atom. The Morgan fingerprint density at radius 1 is 1.27 bits per heavy atom. The third-order valence-corrected chi connectivity index (χ3v) is 5.27. The number of H-pyrrole nitrogens is 1. The zero-order chi connectivity index (χ0) is 23.2. The van der Waals surface area contributed by atoms with E-state index in [4.69, 9.17) is 22.1 Å². The lowest BCUT2D eigenvalue weighted by Crippen LogP contribution is -2.15. The maximum absolute atomic E-state index is 12.5. The number of carbonyl (C=O) groups is 2. The first kappa shape index (κ1) is 22.5. The molecular formula is C23H23ClN6O3. The molecular weight excluding hydrogens is 444 g/mol. The van der Waals surface area contributed by atoms with Gasteiger partial charge >= 0.3 is 6.09 Å². The molecule has 2 amide bonds. The highest BCUT2D eigenvalue weighted by molar-refractivity contribution is 6.32. The van der Waals surface area contributed by atoms with Crippen molar-refractivity contribution in [1.82, 2.24) is 15.0 Å². The van der Waals surface area contributed by atoms with Gasteiger partial charge in [-0.05, 0) is 43.2 Å². The highest BCUT2D eigenvalue weighted by Crippen LogP contribution is 2.35. The van der Waals surface area contributed by atoms with Gasteiger partial charge < -0.3 is 20.8 Å². The SMILES string of the molecule is N[C@H]1C/C=C/CCC(=O)Nc2cc(NC(=O)OCc3ccccn3)ccc2-c2nc1[nH]c2Cl. The van der Waals surface area contributed by atoms with Crippen LogP contribution in [0.3, 0.4) is 0 Å². The molecule has 1 atom stereocenters. The number of ether oxygens (including phenoxy) is 1. The Bertz CT molecular complexity index is 1180. The van der Waals surface area contributed by atoms with E-state index in [1.807, 2.05) is 18.2 Å². The molecule has 5 N–H and O–H groups in total. The number of nitrogens with zero attached hydrogens (tertiary/aromatic N) is 2. The molecule has 0 aliphatic carbocycles. The number of nitrogens with two attached hydrogens (primary N) is 1. The summed E-state index contributed by atoms with van der Waals surface area (Å²) in [5, 5.41) is 5.86. The summed E-state index contributed by atoms with van der Waals surface area (Å²) in [6.07, 6.45) is 6.27. The van der Waals surface area contributed by atoms with E-state index in [9.17, 15) is 9.59 Å². The Kier molecular flexibility index (Phi) is 7.01. The lowest BCUT2D eigenvalue weighted by Gasteiger charge is -2.13. The number of carbonyl (C=O) groups excluding carboxylic acids is 2. The van der Waals surface area contributed by atoms with Crippen molar-refractivity contribution >= 4 is 35.0 Å². The van der Waals surface area contributed by atoms with Gasteiger partial charge in [0.2, 0.25) is 5.91 Å². The number of hydrogen-bond donors (Lipinski definition) is 4. The van der Waals surface area contributed by atoms with Gasteiger partial charge in [0.1, 0.15) is 23.3 Å². The van der Waals surface area contributed by atoms with Crippen LogP contribution in [0, 0.1) is 0 Å². The van der Waals surface area contributed by atoms with E-state index in [-0.39, 0.29) is 18.6 Å². The van der Waals surface area contributed by atoms with E-state index in [1.165, 1.54) is 0 Å². The van der Waals surface area contributed by atoms with Crippen molar-refractivity contribution in [2.24, 2.45) is 5.73 Å². The first-order valence-corrected chi connectivity index (χ1v) is 10.8. The molecule has 0 fully saturated rings. The van der Waals surface area contributed by atoms with Crippen LogP contribution in [0.1, 0.15) is 36.8 Å². The Morgan fingerprint density at radius 3 is 2.97 bits per heavy atom. The highest BCUT2D eigenvalue weighted by Gasteiger charge is 2.19. The number of rotatable bonds is 3. The fraction of sp³-hybridized carbons (Fsp3) is 0.217. The van der Waals surface area contributed by atoms with Crippen LogP contribution in [-0.4, -0.2) is 27.0 Å². The third kappa shape index (κ3) is 5.76. The predicted molar refractivity (Wildman–Crippen MR) is 126 cm³/mol. The second-order valence-corrected chi connectivity index (χ2v) is 7.85. The van der Waals surface area contributed by atoms with Crippen molar-refractivity contribution in [3.05, 3.63) is 71.4 Å². The third-order valence-electron chi connectivity index (χ3n) is 5.00. The van der Waals surface area contributed by atoms with Crippen molar-refractivity contribution in [2.45, 2.75) is 31.9 Å². The molecule has 3 heterocycles. The topological polar surface area (TPSA) is 135 Å². The van der Waals surface area contributed by atoms with Gasteiger partial charge in [-0.3, -0.25) is 15.1 Å². The van der Waals surface area contributed by atoms with Crippen molar-refractivity contribution in [3.8, 4) is 11.3 Å². The van der Waals surface area contributed by atoms with E-state index >= 15 is 0 Å². The van der Waals surface area contributed by atoms with Gasteiger partial charge in [0.15, 0.2) is 0 Å². The van der Waals surface area contributed by atoms with Crippen LogP contribution >= 0.6 is 11.6 Å². The van der Waals surface area contributed by atoms with Crippen LogP contribution < -0.4 is 16.4 Å². The fourth-order valence-corrected chi connectivity index (χ4v) is 3.57. The summed E-state index contributed by atoms with van der Waals surface area (Å²) in [5.74, 6) is 0.377. The van der Waals surface area contributed by atoms with E-state index in [1.54, 1.807) is 36.5 Å². The van der Waals surface area contributed by atoms with Crippen molar-refractivity contribution < 1.29 is 14.3 Å². The zero-order valence-electron chi connectivity index (χ0n) is 17.7. The summed E-state index contributed by atoms with van der Waals surface area (Å²) >= 11 is 6.40. The Hall–Kier alpha value is -3.69. The highest BCUT2D eigenvalue weighted by atomic mass is 35.5. The number of nitrogens with one attached hydrogen (secondary N) is 3. The molecule has 33 heavy (non-hydrogen) atoms. The molecule has 1 aliphatic rings. The standard InChI is InChI=1S/C23H23ClN6O3/c24-21-20-16-10-9-14(27-23(32)33-13-15-6-4-5-11-26-15)12-18(16)28-19(31)8-3-1-2-7-17(25)22(29-20)30-21/h1-2,4-6,9-12,17H,3,7-8,13,25H2,(H,27,32)(H,28,31)(H,29,30)/b2-1+/t17-/m0/s1. The lowest BCUT2D eigenvalue weighted by atomic mass is 10.1. The second kappa shape index (κ2) is 10.3. The summed E-state index contributed by atoms with van der Waals surface area (Å²) in [6, 6.07) is 10.0. The summed E-state index contributed by atoms with van der Waals surface area (Å²) in [7, 11) is 0. The number of imidazole rings is 1. The summed E-state index contributed by atoms with van der Waals surface area (Å²) in [6.45, 7) is 0.0355. The number of aromatic nitrogens is 3. The largest absolute Gasteiger partial charge is 0.443 e. The van der Waals surface area contributed by atoms with Crippen molar-refractivity contribution in [3.63, 3.8) is 0 Å². The quantitative estimate of drug-likeness (QED) is 0.418. The predicted octanol–water partition coefficient (Wildman–Crippen LogP) is 4.55. The van der Waals surface area contributed by atoms with Crippen LogP contribution in [0.4, 0.5) is 16.2 Å². The smallest absolute Gasteiger partial charge is 0.412 e. The molecule has 9 nitrogen and oxygen atoms in total. The molecule has 3 aromatic rings. The van der Waals surface area contributed by atoms with Crippen molar-refractivity contribution in [2.75, 3.05) is 10.6 Å². The molecule has 4 rings (SSSR count). The van der Waals surface area contributed by atoms with Gasteiger partial charge in [-0.15, -0.1) is 0 Å². The number of fused-ring (bicyclic) bond motifs is 4. The van der Waals surface area contributed by atoms with E-state index in [2.05, 4.69) is 25.6 Å². The first-order valence-electron chi connectivity index (χ1n) is 10.4. The van der Waals surface area contributed by atoms with Crippen LogP contribution in [0.5, 0.6) is 0 Å². The molecule has 0 unspecified atom stereocenters. The molecule has 0 saturated carbocycles. The van der Waals surface area contributed by atoms with E-state index in [0.717, 1.165) is 0 Å². The number of halogens is 1. The minimum Gasteiger partial charge on any atom is -0.443 e.